The summed E-state index contributed by atoms with van der Waals surface area (Å²) in [6.07, 6.45) is 1.21. The van der Waals surface area contributed by atoms with E-state index < -0.39 is 9.84 Å². The second kappa shape index (κ2) is 5.18. The van der Waals surface area contributed by atoms with Crippen LogP contribution in [0.15, 0.2) is 0 Å². The Kier molecular flexibility index (Phi) is 4.32. The zero-order chi connectivity index (χ0) is 13.2. The maximum absolute atomic E-state index is 11.1. The molecule has 1 atom stereocenters. The van der Waals surface area contributed by atoms with E-state index in [1.807, 2.05) is 13.8 Å². The van der Waals surface area contributed by atoms with Crippen LogP contribution < -0.4 is 5.32 Å². The molecule has 1 N–H and O–H groups in total. The lowest BCUT2D eigenvalue weighted by Gasteiger charge is -2.15. The van der Waals surface area contributed by atoms with E-state index in [1.54, 1.807) is 6.92 Å². The Balaban J connectivity index is 2.86. The van der Waals surface area contributed by atoms with Gasteiger partial charge >= 0.3 is 0 Å². The third-order valence-corrected chi connectivity index (χ3v) is 3.87. The lowest BCUT2D eigenvalue weighted by molar-refractivity contribution is 0.597. The zero-order valence-corrected chi connectivity index (χ0v) is 11.9. The number of sulfone groups is 1. The highest BCUT2D eigenvalue weighted by atomic mass is 35.5. The van der Waals surface area contributed by atoms with Crippen LogP contribution in [0.1, 0.15) is 18.1 Å². The molecule has 96 valence electrons. The van der Waals surface area contributed by atoms with E-state index in [0.717, 1.165) is 11.1 Å². The molecule has 0 fully saturated rings. The number of anilines is 1. The molecule has 0 aliphatic heterocycles. The van der Waals surface area contributed by atoms with Gasteiger partial charge in [-0.25, -0.2) is 8.42 Å². The Morgan fingerprint density at radius 1 is 1.29 bits per heavy atom. The number of halogens is 1. The van der Waals surface area contributed by atoms with E-state index in [4.69, 9.17) is 11.6 Å². The zero-order valence-electron chi connectivity index (χ0n) is 10.3. The number of nitrogens with one attached hydrogen (secondary N) is 1. The molecular weight excluding hydrogens is 262 g/mol. The Morgan fingerprint density at radius 2 is 1.88 bits per heavy atom. The standard InChI is InChI=1S/C10H16ClN3O2S/c1-6(5-17(4,15)16)12-10-8(3)7(2)9(11)13-14-10/h6H,5H2,1-4H3,(H,12,14). The highest BCUT2D eigenvalue weighted by Gasteiger charge is 2.14. The molecule has 0 saturated carbocycles. The van der Waals surface area contributed by atoms with E-state index in [9.17, 15) is 8.42 Å². The fourth-order valence-corrected chi connectivity index (χ4v) is 2.61. The van der Waals surface area contributed by atoms with E-state index in [2.05, 4.69) is 15.5 Å². The molecule has 1 aromatic rings. The van der Waals surface area contributed by atoms with Gasteiger partial charge in [0.15, 0.2) is 11.0 Å². The molecule has 1 aromatic heterocycles. The smallest absolute Gasteiger partial charge is 0.155 e. The number of hydrogen-bond acceptors (Lipinski definition) is 5. The summed E-state index contributed by atoms with van der Waals surface area (Å²) in [5, 5.41) is 11.1. The average molecular weight is 278 g/mol. The first kappa shape index (κ1) is 14.2. The third kappa shape index (κ3) is 4.12. The first-order valence-electron chi connectivity index (χ1n) is 5.14. The van der Waals surface area contributed by atoms with Gasteiger partial charge in [-0.3, -0.25) is 0 Å². The molecule has 1 unspecified atom stereocenters. The maximum Gasteiger partial charge on any atom is 0.155 e. The molecule has 1 heterocycles. The number of hydrogen-bond donors (Lipinski definition) is 1. The van der Waals surface area contributed by atoms with Crippen LogP contribution >= 0.6 is 11.6 Å². The minimum absolute atomic E-state index is 0.0514. The van der Waals surface area contributed by atoms with Crippen molar-refractivity contribution in [3.63, 3.8) is 0 Å². The molecule has 1 rings (SSSR count). The second-order valence-corrected chi connectivity index (χ2v) is 6.77. The Labute approximate surface area is 107 Å². The van der Waals surface area contributed by atoms with Gasteiger partial charge in [0.2, 0.25) is 0 Å². The molecule has 5 nitrogen and oxygen atoms in total. The summed E-state index contributed by atoms with van der Waals surface area (Å²) in [4.78, 5) is 0. The van der Waals surface area contributed by atoms with Crippen molar-refractivity contribution in [2.24, 2.45) is 0 Å². The van der Waals surface area contributed by atoms with Crippen molar-refractivity contribution in [1.29, 1.82) is 0 Å². The van der Waals surface area contributed by atoms with Crippen molar-refractivity contribution in [2.75, 3.05) is 17.3 Å². The monoisotopic (exact) mass is 277 g/mol. The van der Waals surface area contributed by atoms with E-state index in [0.29, 0.717) is 11.0 Å². The van der Waals surface area contributed by atoms with Gasteiger partial charge in [-0.2, -0.15) is 0 Å². The minimum atomic E-state index is -3.01. The summed E-state index contributed by atoms with van der Waals surface area (Å²) in [6, 6.07) is -0.224. The fraction of sp³-hybridized carbons (Fsp3) is 0.600. The van der Waals surface area contributed by atoms with Crippen molar-refractivity contribution in [3.05, 3.63) is 16.3 Å². The predicted molar refractivity (Wildman–Crippen MR) is 69.3 cm³/mol. The van der Waals surface area contributed by atoms with Crippen molar-refractivity contribution in [3.8, 4) is 0 Å². The van der Waals surface area contributed by atoms with Gasteiger partial charge < -0.3 is 5.32 Å². The summed E-state index contributed by atoms with van der Waals surface area (Å²) < 4.78 is 22.3. The molecule has 0 bridgehead atoms. The Hall–Kier alpha value is -0.880. The number of aromatic nitrogens is 2. The van der Waals surface area contributed by atoms with Crippen LogP contribution in [0.2, 0.25) is 5.15 Å². The van der Waals surface area contributed by atoms with Crippen molar-refractivity contribution >= 4 is 27.3 Å². The van der Waals surface area contributed by atoms with Crippen LogP contribution in [-0.4, -0.2) is 36.7 Å². The van der Waals surface area contributed by atoms with Crippen LogP contribution in [0.5, 0.6) is 0 Å². The molecule has 0 radical (unpaired) electrons. The normalized spacial score (nSPS) is 13.5. The highest BCUT2D eigenvalue weighted by Crippen LogP contribution is 2.21. The van der Waals surface area contributed by atoms with Gasteiger partial charge in [-0.15, -0.1) is 10.2 Å². The summed E-state index contributed by atoms with van der Waals surface area (Å²) in [7, 11) is -3.01. The summed E-state index contributed by atoms with van der Waals surface area (Å²) in [6.45, 7) is 5.50. The van der Waals surface area contributed by atoms with Crippen molar-refractivity contribution in [1.82, 2.24) is 10.2 Å². The van der Waals surface area contributed by atoms with Gasteiger partial charge in [-0.1, -0.05) is 11.6 Å². The minimum Gasteiger partial charge on any atom is -0.365 e. The van der Waals surface area contributed by atoms with Gasteiger partial charge in [-0.05, 0) is 31.9 Å². The quantitative estimate of drug-likeness (QED) is 0.905. The Morgan fingerprint density at radius 3 is 2.41 bits per heavy atom. The van der Waals surface area contributed by atoms with Crippen LogP contribution in [0.25, 0.3) is 0 Å². The lowest BCUT2D eigenvalue weighted by atomic mass is 10.2. The van der Waals surface area contributed by atoms with Crippen molar-refractivity contribution < 1.29 is 8.42 Å². The Bertz CT molecular complexity index is 517. The predicted octanol–water partition coefficient (Wildman–Crippen LogP) is 1.59. The number of rotatable bonds is 4. The largest absolute Gasteiger partial charge is 0.365 e. The summed E-state index contributed by atoms with van der Waals surface area (Å²) in [5.41, 5.74) is 1.72. The topological polar surface area (TPSA) is 72.0 Å². The third-order valence-electron chi connectivity index (χ3n) is 2.40. The molecule has 0 aromatic carbocycles. The lowest BCUT2D eigenvalue weighted by Crippen LogP contribution is -2.26. The van der Waals surface area contributed by atoms with Gasteiger partial charge in [0.05, 0.1) is 5.75 Å². The van der Waals surface area contributed by atoms with Crippen LogP contribution in [0, 0.1) is 13.8 Å². The summed E-state index contributed by atoms with van der Waals surface area (Å²) >= 11 is 5.83. The molecule has 0 amide bonds. The highest BCUT2D eigenvalue weighted by molar-refractivity contribution is 7.90. The molecule has 0 aliphatic carbocycles. The van der Waals surface area contributed by atoms with E-state index in [1.165, 1.54) is 6.26 Å². The van der Waals surface area contributed by atoms with Crippen LogP contribution in [0.4, 0.5) is 5.82 Å². The summed E-state index contributed by atoms with van der Waals surface area (Å²) in [5.74, 6) is 0.624. The number of nitrogens with zero attached hydrogens (tertiary/aromatic N) is 2. The molecule has 17 heavy (non-hydrogen) atoms. The molecule has 0 aliphatic rings. The molecular formula is C10H16ClN3O2S. The fourth-order valence-electron chi connectivity index (χ4n) is 1.44. The van der Waals surface area contributed by atoms with Gasteiger partial charge in [0, 0.05) is 12.3 Å². The first-order valence-corrected chi connectivity index (χ1v) is 7.58. The van der Waals surface area contributed by atoms with Crippen LogP contribution in [0.3, 0.4) is 0 Å². The van der Waals surface area contributed by atoms with Gasteiger partial charge in [0.25, 0.3) is 0 Å². The maximum atomic E-state index is 11.1. The SMILES string of the molecule is Cc1c(Cl)nnc(NC(C)CS(C)(=O)=O)c1C. The molecule has 0 saturated heterocycles. The molecule has 7 heteroatoms. The second-order valence-electron chi connectivity index (χ2n) is 4.23. The van der Waals surface area contributed by atoms with E-state index in [-0.39, 0.29) is 11.8 Å². The average Bonchev–Trinajstić information content (AvgIpc) is 2.16. The van der Waals surface area contributed by atoms with Gasteiger partial charge in [0.1, 0.15) is 9.84 Å². The van der Waals surface area contributed by atoms with E-state index >= 15 is 0 Å². The van der Waals surface area contributed by atoms with Crippen molar-refractivity contribution in [2.45, 2.75) is 26.8 Å². The first-order chi connectivity index (χ1) is 7.70. The molecule has 0 spiro atoms. The van der Waals surface area contributed by atoms with Crippen LogP contribution in [-0.2, 0) is 9.84 Å².